The molecule has 1 unspecified atom stereocenters. The molecule has 0 amide bonds. The molecule has 0 heterocycles. The van der Waals surface area contributed by atoms with E-state index in [2.05, 4.69) is 31.9 Å². The Kier molecular flexibility index (Phi) is 6.84. The van der Waals surface area contributed by atoms with Gasteiger partial charge in [0.25, 0.3) is 0 Å². The topological polar surface area (TPSA) is 40.1 Å². The molecule has 0 aromatic heterocycles. The SMILES string of the molecule is CC(=O)/C=C(\c1ccc(Br)cc1)[S+]([O-])C=Cc1ccc(Br)cc1. The molecule has 2 aromatic rings. The molecule has 0 N–H and O–H groups in total. The smallest absolute Gasteiger partial charge is 0.168 e. The molecule has 0 saturated carbocycles. The molecule has 2 nitrogen and oxygen atoms in total. The van der Waals surface area contributed by atoms with Crippen LogP contribution in [0, 0.1) is 0 Å². The fraction of sp³-hybridized carbons (Fsp3) is 0.0556. The third-order valence-corrected chi connectivity index (χ3v) is 5.16. The number of benzene rings is 2. The van der Waals surface area contributed by atoms with E-state index in [1.807, 2.05) is 48.5 Å². The lowest BCUT2D eigenvalue weighted by Gasteiger charge is -2.10. The van der Waals surface area contributed by atoms with Gasteiger partial charge in [0.15, 0.2) is 10.7 Å². The molecule has 1 atom stereocenters. The van der Waals surface area contributed by atoms with Crippen molar-refractivity contribution < 1.29 is 9.35 Å². The highest BCUT2D eigenvalue weighted by Gasteiger charge is 2.15. The van der Waals surface area contributed by atoms with Gasteiger partial charge in [0.1, 0.15) is 5.41 Å². The highest BCUT2D eigenvalue weighted by Crippen LogP contribution is 2.25. The number of ketones is 1. The summed E-state index contributed by atoms with van der Waals surface area (Å²) >= 11 is 5.34. The Morgan fingerprint density at radius 1 is 1.00 bits per heavy atom. The summed E-state index contributed by atoms with van der Waals surface area (Å²) in [6.45, 7) is 1.45. The van der Waals surface area contributed by atoms with E-state index < -0.39 is 11.2 Å². The number of rotatable bonds is 5. The van der Waals surface area contributed by atoms with Crippen molar-refractivity contribution in [2.45, 2.75) is 6.92 Å². The lowest BCUT2D eigenvalue weighted by molar-refractivity contribution is -0.112. The number of carbonyl (C=O) groups excluding carboxylic acids is 1. The summed E-state index contributed by atoms with van der Waals surface area (Å²) in [4.78, 5) is 12.0. The minimum atomic E-state index is -1.41. The lowest BCUT2D eigenvalue weighted by atomic mass is 10.2. The number of hydrogen-bond donors (Lipinski definition) is 0. The Labute approximate surface area is 155 Å². The Morgan fingerprint density at radius 2 is 1.52 bits per heavy atom. The fourth-order valence-corrected chi connectivity index (χ4v) is 3.45. The first kappa shape index (κ1) is 18.2. The van der Waals surface area contributed by atoms with Crippen LogP contribution in [0.1, 0.15) is 18.1 Å². The second-order valence-electron chi connectivity index (χ2n) is 4.78. The highest BCUT2D eigenvalue weighted by molar-refractivity contribution is 9.10. The second-order valence-corrected chi connectivity index (χ2v) is 7.92. The van der Waals surface area contributed by atoms with Crippen LogP contribution >= 0.6 is 31.9 Å². The normalized spacial score (nSPS) is 13.3. The van der Waals surface area contributed by atoms with E-state index in [0.717, 1.165) is 20.1 Å². The number of hydrogen-bond acceptors (Lipinski definition) is 2. The van der Waals surface area contributed by atoms with Crippen molar-refractivity contribution in [2.24, 2.45) is 0 Å². The second kappa shape index (κ2) is 8.64. The summed E-state index contributed by atoms with van der Waals surface area (Å²) in [7, 11) is 0. The largest absolute Gasteiger partial charge is 0.607 e. The van der Waals surface area contributed by atoms with Crippen LogP contribution in [0.25, 0.3) is 11.0 Å². The average Bonchev–Trinajstić information content (AvgIpc) is 2.52. The van der Waals surface area contributed by atoms with Gasteiger partial charge in [0, 0.05) is 31.8 Å². The van der Waals surface area contributed by atoms with Crippen LogP contribution in [0.3, 0.4) is 0 Å². The standard InChI is InChI=1S/C18H14Br2O2S/c1-13(21)12-18(15-4-8-17(20)9-5-15)23(22)11-10-14-2-6-16(19)7-3-14/h2-12H,1H3/b11-10?,18-12+. The van der Waals surface area contributed by atoms with Crippen molar-refractivity contribution in [1.82, 2.24) is 0 Å². The van der Waals surface area contributed by atoms with Crippen molar-refractivity contribution in [2.75, 3.05) is 0 Å². The van der Waals surface area contributed by atoms with Crippen LogP contribution in [0.5, 0.6) is 0 Å². The molecular formula is C18H14Br2O2S. The predicted molar refractivity (Wildman–Crippen MR) is 104 cm³/mol. The summed E-state index contributed by atoms with van der Waals surface area (Å²) in [6.07, 6.45) is 3.21. The molecular weight excluding hydrogens is 440 g/mol. The quantitative estimate of drug-likeness (QED) is 0.439. The van der Waals surface area contributed by atoms with Gasteiger partial charge in [-0.25, -0.2) is 0 Å². The monoisotopic (exact) mass is 452 g/mol. The lowest BCUT2D eigenvalue weighted by Crippen LogP contribution is -2.02. The van der Waals surface area contributed by atoms with Crippen molar-refractivity contribution in [3.63, 3.8) is 0 Å². The van der Waals surface area contributed by atoms with Crippen LogP contribution in [0.15, 0.2) is 69.0 Å². The van der Waals surface area contributed by atoms with Crippen molar-refractivity contribution in [3.05, 3.63) is 80.1 Å². The molecule has 0 fully saturated rings. The van der Waals surface area contributed by atoms with Crippen LogP contribution in [-0.2, 0) is 16.0 Å². The zero-order valence-corrected chi connectivity index (χ0v) is 16.3. The van der Waals surface area contributed by atoms with Gasteiger partial charge in [-0.3, -0.25) is 4.79 Å². The maximum absolute atomic E-state index is 12.6. The van der Waals surface area contributed by atoms with E-state index in [1.54, 1.807) is 11.5 Å². The summed E-state index contributed by atoms with van der Waals surface area (Å²) < 4.78 is 14.5. The Bertz CT molecular complexity index is 735. The van der Waals surface area contributed by atoms with E-state index in [4.69, 9.17) is 0 Å². The molecule has 5 heteroatoms. The molecule has 23 heavy (non-hydrogen) atoms. The summed E-state index contributed by atoms with van der Waals surface area (Å²) in [5, 5.41) is 1.60. The van der Waals surface area contributed by atoms with E-state index in [1.165, 1.54) is 13.0 Å². The summed E-state index contributed by atoms with van der Waals surface area (Å²) in [6, 6.07) is 15.1. The number of allylic oxidation sites excluding steroid dienone is 1. The van der Waals surface area contributed by atoms with E-state index >= 15 is 0 Å². The van der Waals surface area contributed by atoms with E-state index in [9.17, 15) is 9.35 Å². The van der Waals surface area contributed by atoms with E-state index in [-0.39, 0.29) is 5.78 Å². The first-order valence-corrected chi connectivity index (χ1v) is 9.58. The molecule has 0 spiro atoms. The third kappa shape index (κ3) is 5.77. The van der Waals surface area contributed by atoms with Crippen LogP contribution in [0.2, 0.25) is 0 Å². The van der Waals surface area contributed by atoms with Gasteiger partial charge in [-0.1, -0.05) is 44.0 Å². The maximum Gasteiger partial charge on any atom is 0.168 e. The third-order valence-electron chi connectivity index (χ3n) is 2.93. The van der Waals surface area contributed by atoms with Crippen molar-refractivity contribution in [1.29, 1.82) is 0 Å². The molecule has 118 valence electrons. The van der Waals surface area contributed by atoms with Crippen LogP contribution in [-0.4, -0.2) is 10.3 Å². The van der Waals surface area contributed by atoms with Gasteiger partial charge in [-0.05, 0) is 55.0 Å². The summed E-state index contributed by atoms with van der Waals surface area (Å²) in [5.41, 5.74) is 1.71. The fourth-order valence-electron chi connectivity index (χ4n) is 1.84. The first-order chi connectivity index (χ1) is 11.0. The minimum absolute atomic E-state index is 0.131. The average molecular weight is 454 g/mol. The van der Waals surface area contributed by atoms with Gasteiger partial charge < -0.3 is 4.55 Å². The van der Waals surface area contributed by atoms with Gasteiger partial charge in [0.05, 0.1) is 0 Å². The van der Waals surface area contributed by atoms with Gasteiger partial charge >= 0.3 is 0 Å². The molecule has 0 saturated heterocycles. The minimum Gasteiger partial charge on any atom is -0.607 e. The highest BCUT2D eigenvalue weighted by atomic mass is 79.9. The zero-order valence-electron chi connectivity index (χ0n) is 12.3. The molecule has 0 aliphatic carbocycles. The first-order valence-electron chi connectivity index (χ1n) is 6.78. The van der Waals surface area contributed by atoms with E-state index in [0.29, 0.717) is 4.91 Å². The van der Waals surface area contributed by atoms with Gasteiger partial charge in [-0.2, -0.15) is 0 Å². The van der Waals surface area contributed by atoms with Crippen molar-refractivity contribution >= 4 is 59.8 Å². The molecule has 2 rings (SSSR count). The molecule has 0 aliphatic heterocycles. The van der Waals surface area contributed by atoms with Crippen molar-refractivity contribution in [3.8, 4) is 0 Å². The molecule has 2 aromatic carbocycles. The zero-order chi connectivity index (χ0) is 16.8. The number of halogens is 2. The molecule has 0 radical (unpaired) electrons. The molecule has 0 bridgehead atoms. The Morgan fingerprint density at radius 3 is 2.04 bits per heavy atom. The van der Waals surface area contributed by atoms with Crippen LogP contribution in [0.4, 0.5) is 0 Å². The Hall–Kier alpha value is -1.14. The summed E-state index contributed by atoms with van der Waals surface area (Å²) in [5.74, 6) is -0.131. The molecule has 0 aliphatic rings. The Balaban J connectivity index is 2.26. The van der Waals surface area contributed by atoms with Gasteiger partial charge in [0.2, 0.25) is 0 Å². The number of carbonyl (C=O) groups is 1. The van der Waals surface area contributed by atoms with Gasteiger partial charge in [-0.15, -0.1) is 0 Å². The van der Waals surface area contributed by atoms with Crippen LogP contribution < -0.4 is 0 Å². The maximum atomic E-state index is 12.6. The predicted octanol–water partition coefficient (Wildman–Crippen LogP) is 5.56.